The van der Waals surface area contributed by atoms with Crippen LogP contribution in [0.4, 0.5) is 13.2 Å². The van der Waals surface area contributed by atoms with E-state index in [2.05, 4.69) is 20.3 Å². The van der Waals surface area contributed by atoms with Crippen LogP contribution in [-0.4, -0.2) is 54.5 Å². The van der Waals surface area contributed by atoms with Crippen molar-refractivity contribution in [3.63, 3.8) is 0 Å². The molecule has 0 radical (unpaired) electrons. The Kier molecular flexibility index (Phi) is 4.83. The van der Waals surface area contributed by atoms with E-state index < -0.39 is 11.7 Å². The van der Waals surface area contributed by atoms with E-state index in [4.69, 9.17) is 4.74 Å². The summed E-state index contributed by atoms with van der Waals surface area (Å²) in [6, 6.07) is 5.46. The summed E-state index contributed by atoms with van der Waals surface area (Å²) in [5.74, 6) is 0.584. The van der Waals surface area contributed by atoms with Crippen molar-refractivity contribution in [1.29, 1.82) is 0 Å². The fraction of sp³-hybridized carbons (Fsp3) is 0.381. The third-order valence-corrected chi connectivity index (χ3v) is 5.91. The number of alkyl halides is 3. The first-order valence-corrected chi connectivity index (χ1v) is 10.1. The molecule has 0 spiro atoms. The summed E-state index contributed by atoms with van der Waals surface area (Å²) < 4.78 is 45.7. The Labute approximate surface area is 181 Å². The van der Waals surface area contributed by atoms with Crippen LogP contribution in [0.15, 0.2) is 42.9 Å². The molecule has 5 rings (SSSR count). The normalized spacial score (nSPS) is 22.4. The topological polar surface area (TPSA) is 86.0 Å². The number of carbonyl (C=O) groups excluding carboxylic acids is 1. The van der Waals surface area contributed by atoms with Crippen LogP contribution >= 0.6 is 0 Å². The second kappa shape index (κ2) is 7.57. The van der Waals surface area contributed by atoms with E-state index in [0.717, 1.165) is 30.8 Å². The number of nitrogens with zero attached hydrogens (tertiary/aromatic N) is 6. The molecule has 1 aliphatic heterocycles. The summed E-state index contributed by atoms with van der Waals surface area (Å²) in [5, 5.41) is 7.76. The molecule has 11 heteroatoms. The summed E-state index contributed by atoms with van der Waals surface area (Å²) >= 11 is 0. The quantitative estimate of drug-likeness (QED) is 0.615. The molecule has 3 aromatic rings. The van der Waals surface area contributed by atoms with Gasteiger partial charge in [-0.05, 0) is 43.9 Å². The van der Waals surface area contributed by atoms with E-state index in [1.807, 2.05) is 6.92 Å². The van der Waals surface area contributed by atoms with Gasteiger partial charge in [-0.15, -0.1) is 5.10 Å². The molecule has 1 aliphatic carbocycles. The lowest BCUT2D eigenvalue weighted by Crippen LogP contribution is -2.47. The third-order valence-electron chi connectivity index (χ3n) is 5.91. The van der Waals surface area contributed by atoms with Gasteiger partial charge in [0, 0.05) is 24.5 Å². The van der Waals surface area contributed by atoms with E-state index in [-0.39, 0.29) is 29.9 Å². The van der Waals surface area contributed by atoms with E-state index >= 15 is 0 Å². The highest BCUT2D eigenvalue weighted by Gasteiger charge is 2.49. The number of fused-ring (bicyclic) bond motifs is 2. The number of rotatable bonds is 4. The third kappa shape index (κ3) is 3.67. The Morgan fingerprint density at radius 2 is 2.03 bits per heavy atom. The number of carbonyl (C=O) groups is 1. The molecule has 32 heavy (non-hydrogen) atoms. The first-order valence-electron chi connectivity index (χ1n) is 10.1. The zero-order chi connectivity index (χ0) is 22.5. The number of likely N-dealkylation sites (tertiary alicyclic amines) is 1. The minimum absolute atomic E-state index is 0.114. The van der Waals surface area contributed by atoms with Crippen molar-refractivity contribution in [2.75, 3.05) is 6.54 Å². The maximum absolute atomic E-state index is 13.4. The monoisotopic (exact) mass is 444 g/mol. The Bertz CT molecular complexity index is 1130. The first-order chi connectivity index (χ1) is 15.3. The van der Waals surface area contributed by atoms with Gasteiger partial charge in [0.05, 0.1) is 29.6 Å². The molecule has 0 unspecified atom stereocenters. The predicted octanol–water partition coefficient (Wildman–Crippen LogP) is 3.07. The van der Waals surface area contributed by atoms with Crippen molar-refractivity contribution in [1.82, 2.24) is 29.9 Å². The average Bonchev–Trinajstić information content (AvgIpc) is 3.50. The van der Waals surface area contributed by atoms with Crippen molar-refractivity contribution in [2.45, 2.75) is 38.1 Å². The number of halogens is 3. The number of pyridine rings is 2. The van der Waals surface area contributed by atoms with Crippen molar-refractivity contribution < 1.29 is 22.7 Å². The number of aromatic nitrogens is 5. The van der Waals surface area contributed by atoms with Gasteiger partial charge in [-0.1, -0.05) is 5.21 Å². The number of hydrogen-bond donors (Lipinski definition) is 0. The molecular formula is C21H19F3N6O2. The molecule has 2 bridgehead atoms. The zero-order valence-corrected chi connectivity index (χ0v) is 17.0. The van der Waals surface area contributed by atoms with Gasteiger partial charge >= 0.3 is 6.18 Å². The number of amides is 1. The van der Waals surface area contributed by atoms with E-state index in [1.54, 1.807) is 23.2 Å². The molecule has 1 saturated heterocycles. The molecule has 3 atom stereocenters. The predicted molar refractivity (Wildman–Crippen MR) is 105 cm³/mol. The van der Waals surface area contributed by atoms with Gasteiger partial charge in [0.2, 0.25) is 5.88 Å². The van der Waals surface area contributed by atoms with Crippen LogP contribution in [0.25, 0.3) is 5.82 Å². The fourth-order valence-electron chi connectivity index (χ4n) is 4.46. The Morgan fingerprint density at radius 1 is 1.19 bits per heavy atom. The summed E-state index contributed by atoms with van der Waals surface area (Å²) in [5.41, 5.74) is 0.312. The number of piperidine rings is 1. The highest BCUT2D eigenvalue weighted by molar-refractivity contribution is 5.97. The maximum Gasteiger partial charge on any atom is 0.417 e. The second-order valence-corrected chi connectivity index (χ2v) is 8.07. The van der Waals surface area contributed by atoms with Crippen LogP contribution in [0.1, 0.15) is 34.5 Å². The standard InChI is InChI=1S/C21H19F3N6O2/c1-12-2-4-15(19(27-12)30-7-6-26-28-30)20(31)29-11-13-8-16(29)17(9-13)32-18-5-3-14(10-25-18)21(22,23)24/h2-7,10,13,16-17H,8-9,11H2,1H3/t13-,16+,17-/m1/s1. The Hall–Kier alpha value is -3.50. The van der Waals surface area contributed by atoms with Crippen LogP contribution in [0.3, 0.4) is 0 Å². The molecule has 3 aromatic heterocycles. The molecule has 0 aromatic carbocycles. The van der Waals surface area contributed by atoms with Gasteiger partial charge < -0.3 is 9.64 Å². The molecule has 2 aliphatic rings. The molecule has 4 heterocycles. The minimum Gasteiger partial charge on any atom is -0.472 e. The van der Waals surface area contributed by atoms with Crippen molar-refractivity contribution in [2.24, 2.45) is 5.92 Å². The lowest BCUT2D eigenvalue weighted by Gasteiger charge is -2.33. The molecule has 0 N–H and O–H groups in total. The molecular weight excluding hydrogens is 425 g/mol. The van der Waals surface area contributed by atoms with Crippen LogP contribution in [-0.2, 0) is 6.18 Å². The summed E-state index contributed by atoms with van der Waals surface area (Å²) in [4.78, 5) is 23.5. The van der Waals surface area contributed by atoms with Crippen LogP contribution < -0.4 is 4.74 Å². The molecule has 1 amide bonds. The number of aryl methyl sites for hydroxylation is 1. The zero-order valence-electron chi connectivity index (χ0n) is 17.0. The van der Waals surface area contributed by atoms with Gasteiger partial charge in [0.15, 0.2) is 5.82 Å². The van der Waals surface area contributed by atoms with Gasteiger partial charge in [0.1, 0.15) is 6.10 Å². The SMILES string of the molecule is Cc1ccc(C(=O)N2C[C@H]3C[C@@H](Oc4ccc(C(F)(F)F)cn4)[C@@H]2C3)c(-n2ccnn2)n1. The minimum atomic E-state index is -4.45. The van der Waals surface area contributed by atoms with Gasteiger partial charge in [0.25, 0.3) is 5.91 Å². The largest absolute Gasteiger partial charge is 0.472 e. The van der Waals surface area contributed by atoms with Gasteiger partial charge in [-0.3, -0.25) is 4.79 Å². The van der Waals surface area contributed by atoms with E-state index in [9.17, 15) is 18.0 Å². The van der Waals surface area contributed by atoms with Crippen LogP contribution in [0.5, 0.6) is 5.88 Å². The second-order valence-electron chi connectivity index (χ2n) is 8.07. The summed E-state index contributed by atoms with van der Waals surface area (Å²) in [7, 11) is 0. The summed E-state index contributed by atoms with van der Waals surface area (Å²) in [6.45, 7) is 2.42. The average molecular weight is 444 g/mol. The van der Waals surface area contributed by atoms with Crippen molar-refractivity contribution in [3.8, 4) is 11.7 Å². The number of ether oxygens (including phenoxy) is 1. The summed E-state index contributed by atoms with van der Waals surface area (Å²) in [6.07, 6.45) is 0.594. The van der Waals surface area contributed by atoms with Crippen molar-refractivity contribution >= 4 is 5.91 Å². The fourth-order valence-corrected chi connectivity index (χ4v) is 4.46. The van der Waals surface area contributed by atoms with Crippen LogP contribution in [0, 0.1) is 12.8 Å². The highest BCUT2D eigenvalue weighted by atomic mass is 19.4. The lowest BCUT2D eigenvalue weighted by atomic mass is 10.1. The van der Waals surface area contributed by atoms with Crippen molar-refractivity contribution in [3.05, 3.63) is 59.7 Å². The molecule has 1 saturated carbocycles. The van der Waals surface area contributed by atoms with Crippen LogP contribution in [0.2, 0.25) is 0 Å². The molecule has 166 valence electrons. The lowest BCUT2D eigenvalue weighted by molar-refractivity contribution is -0.137. The molecule has 8 nitrogen and oxygen atoms in total. The van der Waals surface area contributed by atoms with Gasteiger partial charge in [-0.2, -0.15) is 13.2 Å². The first kappa shape index (κ1) is 20.4. The smallest absolute Gasteiger partial charge is 0.417 e. The van der Waals surface area contributed by atoms with Gasteiger partial charge in [-0.25, -0.2) is 14.6 Å². The maximum atomic E-state index is 13.4. The highest BCUT2D eigenvalue weighted by Crippen LogP contribution is 2.40. The van der Waals surface area contributed by atoms with E-state index in [0.29, 0.717) is 17.9 Å². The Morgan fingerprint density at radius 3 is 2.69 bits per heavy atom. The number of hydrogen-bond acceptors (Lipinski definition) is 6. The van der Waals surface area contributed by atoms with E-state index in [1.165, 1.54) is 16.9 Å². The Balaban J connectivity index is 1.36. The molecule has 2 fully saturated rings.